The lowest BCUT2D eigenvalue weighted by Crippen LogP contribution is -2.20. The summed E-state index contributed by atoms with van der Waals surface area (Å²) in [6.07, 6.45) is 1.62. The van der Waals surface area contributed by atoms with Crippen LogP contribution in [0.3, 0.4) is 0 Å². The Morgan fingerprint density at radius 2 is 1.77 bits per heavy atom. The summed E-state index contributed by atoms with van der Waals surface area (Å²) in [6, 6.07) is 25.3. The number of para-hydroxylation sites is 2. The van der Waals surface area contributed by atoms with Gasteiger partial charge >= 0.3 is 0 Å². The van der Waals surface area contributed by atoms with Crippen molar-refractivity contribution < 1.29 is 4.79 Å². The Morgan fingerprint density at radius 3 is 2.60 bits per heavy atom. The largest absolute Gasteiger partial charge is 0.314 e. The maximum absolute atomic E-state index is 12.2. The number of imidazole rings is 1. The quantitative estimate of drug-likeness (QED) is 0.253. The number of nitrogens with one attached hydrogen (secondary N) is 1. The minimum Gasteiger partial charge on any atom is -0.314 e. The van der Waals surface area contributed by atoms with Gasteiger partial charge in [0.25, 0.3) is 5.91 Å². The summed E-state index contributed by atoms with van der Waals surface area (Å²) in [5.41, 5.74) is 6.38. The molecule has 0 saturated heterocycles. The molecule has 4 rings (SSSR count). The molecule has 0 bridgehead atoms. The molecule has 0 aliphatic carbocycles. The summed E-state index contributed by atoms with van der Waals surface area (Å²) in [5.74, 6) is 0.0151. The van der Waals surface area contributed by atoms with Gasteiger partial charge < -0.3 is 4.57 Å². The minimum atomic E-state index is -0.191. The Morgan fingerprint density at radius 1 is 1.03 bits per heavy atom. The second-order valence-electron chi connectivity index (χ2n) is 6.55. The summed E-state index contributed by atoms with van der Waals surface area (Å²) < 4.78 is 2.09. The first-order valence-corrected chi connectivity index (χ1v) is 10.8. The van der Waals surface area contributed by atoms with Crippen molar-refractivity contribution in [2.45, 2.75) is 11.7 Å². The first-order chi connectivity index (χ1) is 14.7. The molecular weight excluding hydrogens is 416 g/mol. The van der Waals surface area contributed by atoms with Crippen LogP contribution in [0.4, 0.5) is 0 Å². The average molecular weight is 435 g/mol. The van der Waals surface area contributed by atoms with E-state index in [0.29, 0.717) is 11.6 Å². The molecule has 0 saturated carbocycles. The molecule has 0 spiro atoms. The molecule has 0 atom stereocenters. The number of thioether (sulfide) groups is 1. The summed E-state index contributed by atoms with van der Waals surface area (Å²) >= 11 is 7.73. The van der Waals surface area contributed by atoms with E-state index in [9.17, 15) is 4.79 Å². The fraction of sp³-hybridized carbons (Fsp3) is 0.0870. The number of rotatable bonds is 7. The van der Waals surface area contributed by atoms with Gasteiger partial charge in [-0.1, -0.05) is 84.0 Å². The van der Waals surface area contributed by atoms with Crippen LogP contribution in [0.5, 0.6) is 0 Å². The molecule has 0 aliphatic heterocycles. The third-order valence-electron chi connectivity index (χ3n) is 4.44. The maximum Gasteiger partial charge on any atom is 0.250 e. The fourth-order valence-corrected chi connectivity index (χ4v) is 4.00. The molecule has 1 heterocycles. The number of carbonyl (C=O) groups excluding carboxylic acids is 1. The predicted octanol–water partition coefficient (Wildman–Crippen LogP) is 4.98. The number of hydrazone groups is 1. The van der Waals surface area contributed by atoms with E-state index in [1.807, 2.05) is 78.9 Å². The van der Waals surface area contributed by atoms with Gasteiger partial charge in [-0.3, -0.25) is 4.79 Å². The first-order valence-electron chi connectivity index (χ1n) is 9.39. The van der Waals surface area contributed by atoms with E-state index in [1.54, 1.807) is 6.21 Å². The Labute approximate surface area is 183 Å². The van der Waals surface area contributed by atoms with E-state index in [1.165, 1.54) is 11.8 Å². The third kappa shape index (κ3) is 4.90. The van der Waals surface area contributed by atoms with Gasteiger partial charge in [0.1, 0.15) is 0 Å². The molecular formula is C23H19ClN4OS. The first kappa shape index (κ1) is 20.2. The number of halogens is 1. The van der Waals surface area contributed by atoms with E-state index in [-0.39, 0.29) is 11.7 Å². The fourth-order valence-electron chi connectivity index (χ4n) is 2.99. The average Bonchev–Trinajstić information content (AvgIpc) is 3.12. The lowest BCUT2D eigenvalue weighted by atomic mass is 10.2. The molecule has 1 aromatic heterocycles. The normalized spacial score (nSPS) is 11.2. The van der Waals surface area contributed by atoms with E-state index in [0.717, 1.165) is 27.3 Å². The summed E-state index contributed by atoms with van der Waals surface area (Å²) in [4.78, 5) is 16.9. The van der Waals surface area contributed by atoms with Crippen LogP contribution < -0.4 is 5.43 Å². The number of fused-ring (bicyclic) bond motifs is 1. The van der Waals surface area contributed by atoms with Gasteiger partial charge in [-0.05, 0) is 29.3 Å². The Balaban J connectivity index is 1.47. The molecule has 7 heteroatoms. The standard InChI is InChI=1S/C23H19ClN4OS/c24-19-11-5-4-10-18(19)15-28-21-13-7-6-12-20(21)26-23(28)30-16-22(29)27-25-14-17-8-2-1-3-9-17/h1-14H,15-16H2,(H,27,29). The van der Waals surface area contributed by atoms with Crippen molar-refractivity contribution in [2.75, 3.05) is 5.75 Å². The van der Waals surface area contributed by atoms with Gasteiger partial charge in [0.2, 0.25) is 0 Å². The van der Waals surface area contributed by atoms with Crippen molar-refractivity contribution in [2.24, 2.45) is 5.10 Å². The lowest BCUT2D eigenvalue weighted by Gasteiger charge is -2.10. The van der Waals surface area contributed by atoms with Gasteiger partial charge in [-0.15, -0.1) is 0 Å². The van der Waals surface area contributed by atoms with Crippen molar-refractivity contribution in [1.82, 2.24) is 15.0 Å². The molecule has 0 aliphatic rings. The summed E-state index contributed by atoms with van der Waals surface area (Å²) in [7, 11) is 0. The lowest BCUT2D eigenvalue weighted by molar-refractivity contribution is -0.118. The highest BCUT2D eigenvalue weighted by Crippen LogP contribution is 2.26. The number of hydrogen-bond donors (Lipinski definition) is 1. The number of amides is 1. The van der Waals surface area contributed by atoms with Gasteiger partial charge in [0, 0.05) is 5.02 Å². The van der Waals surface area contributed by atoms with Crippen LogP contribution in [0.2, 0.25) is 5.02 Å². The molecule has 1 N–H and O–H groups in total. The zero-order valence-electron chi connectivity index (χ0n) is 16.0. The van der Waals surface area contributed by atoms with Crippen molar-refractivity contribution in [3.63, 3.8) is 0 Å². The van der Waals surface area contributed by atoms with Crippen molar-refractivity contribution in [1.29, 1.82) is 0 Å². The van der Waals surface area contributed by atoms with Crippen molar-refractivity contribution >= 4 is 46.5 Å². The highest BCUT2D eigenvalue weighted by Gasteiger charge is 2.14. The van der Waals surface area contributed by atoms with Gasteiger partial charge in [0.05, 0.1) is 29.5 Å². The monoisotopic (exact) mass is 434 g/mol. The Bertz CT molecular complexity index is 1190. The summed E-state index contributed by atoms with van der Waals surface area (Å²) in [5, 5.41) is 5.49. The van der Waals surface area contributed by atoms with Crippen LogP contribution in [0.15, 0.2) is 89.1 Å². The maximum atomic E-state index is 12.2. The van der Waals surface area contributed by atoms with E-state index < -0.39 is 0 Å². The Kier molecular flexibility index (Phi) is 6.47. The Hall–Kier alpha value is -3.09. The van der Waals surface area contributed by atoms with Crippen LogP contribution in [0, 0.1) is 0 Å². The number of nitrogens with zero attached hydrogens (tertiary/aromatic N) is 3. The van der Waals surface area contributed by atoms with Crippen LogP contribution in [0.1, 0.15) is 11.1 Å². The van der Waals surface area contributed by atoms with Gasteiger partial charge in [0.15, 0.2) is 5.16 Å². The molecule has 3 aromatic carbocycles. The second kappa shape index (κ2) is 9.61. The molecule has 5 nitrogen and oxygen atoms in total. The SMILES string of the molecule is O=C(CSc1nc2ccccc2n1Cc1ccccc1Cl)NN=Cc1ccccc1. The van der Waals surface area contributed by atoms with Gasteiger partial charge in [-0.25, -0.2) is 10.4 Å². The smallest absolute Gasteiger partial charge is 0.250 e. The highest BCUT2D eigenvalue weighted by atomic mass is 35.5. The highest BCUT2D eigenvalue weighted by molar-refractivity contribution is 7.99. The van der Waals surface area contributed by atoms with Crippen LogP contribution >= 0.6 is 23.4 Å². The molecule has 4 aromatic rings. The van der Waals surface area contributed by atoms with Crippen LogP contribution in [-0.4, -0.2) is 27.4 Å². The van der Waals surface area contributed by atoms with E-state index in [2.05, 4.69) is 15.1 Å². The summed E-state index contributed by atoms with van der Waals surface area (Å²) in [6.45, 7) is 0.580. The molecule has 150 valence electrons. The molecule has 1 amide bonds. The number of hydrogen-bond acceptors (Lipinski definition) is 4. The minimum absolute atomic E-state index is 0.191. The number of benzene rings is 3. The topological polar surface area (TPSA) is 59.3 Å². The second-order valence-corrected chi connectivity index (χ2v) is 7.90. The van der Waals surface area contributed by atoms with Crippen molar-refractivity contribution in [3.8, 4) is 0 Å². The molecule has 0 unspecified atom stereocenters. The predicted molar refractivity (Wildman–Crippen MR) is 123 cm³/mol. The molecule has 30 heavy (non-hydrogen) atoms. The zero-order valence-corrected chi connectivity index (χ0v) is 17.6. The van der Waals surface area contributed by atoms with Crippen LogP contribution in [0.25, 0.3) is 11.0 Å². The van der Waals surface area contributed by atoms with E-state index >= 15 is 0 Å². The van der Waals surface area contributed by atoms with E-state index in [4.69, 9.17) is 16.6 Å². The van der Waals surface area contributed by atoms with Crippen molar-refractivity contribution in [3.05, 3.63) is 95.0 Å². The zero-order chi connectivity index (χ0) is 20.8. The van der Waals surface area contributed by atoms with Gasteiger partial charge in [-0.2, -0.15) is 5.10 Å². The molecule has 0 radical (unpaired) electrons. The molecule has 0 fully saturated rings. The number of aromatic nitrogens is 2. The number of carbonyl (C=O) groups is 1. The van der Waals surface area contributed by atoms with Crippen LogP contribution in [-0.2, 0) is 11.3 Å². The third-order valence-corrected chi connectivity index (χ3v) is 5.79.